The standard InChI is InChI=1S/C44H56N2O4/c1-49-39-24-21-33-28-37-35-22-23-36(43-44(35,41(33)42(39)50-43)25-27-45(37)30-34-29-38(34)47)46(26-13-19-32-17-10-6-11-18-32)40(48)20-12-4-2-3-7-14-31-15-8-5-9-16-31/h5-6,8-11,15-18,21,24,34-38,43,47H,2-4,7,12-14,19-20,22-23,25-30H2,1H3/t34?,35-,36-,37+,38?,43-,44-/m0/s1. The van der Waals surface area contributed by atoms with Crippen molar-refractivity contribution >= 4 is 5.91 Å². The van der Waals surface area contributed by atoms with Gasteiger partial charge in [-0.3, -0.25) is 9.69 Å². The summed E-state index contributed by atoms with van der Waals surface area (Å²) in [5.41, 5.74) is 5.45. The maximum absolute atomic E-state index is 14.4. The van der Waals surface area contributed by atoms with Gasteiger partial charge in [0.25, 0.3) is 0 Å². The van der Waals surface area contributed by atoms with Gasteiger partial charge < -0.3 is 19.5 Å². The molecule has 3 aromatic rings. The first-order chi connectivity index (χ1) is 24.6. The van der Waals surface area contributed by atoms with Crippen molar-refractivity contribution in [1.29, 1.82) is 0 Å². The summed E-state index contributed by atoms with van der Waals surface area (Å²) >= 11 is 0. The molecule has 6 heteroatoms. The molecule has 3 fully saturated rings. The van der Waals surface area contributed by atoms with E-state index in [0.29, 0.717) is 30.2 Å². The number of aryl methyl sites for hydroxylation is 2. The van der Waals surface area contributed by atoms with Gasteiger partial charge >= 0.3 is 0 Å². The van der Waals surface area contributed by atoms with Gasteiger partial charge in [0, 0.05) is 42.4 Å². The molecule has 2 unspecified atom stereocenters. The number of piperidine rings is 1. The fourth-order valence-corrected chi connectivity index (χ4v) is 10.5. The normalized spacial score (nSPS) is 28.8. The maximum Gasteiger partial charge on any atom is 0.222 e. The molecule has 1 saturated heterocycles. The van der Waals surface area contributed by atoms with Gasteiger partial charge in [-0.1, -0.05) is 86.0 Å². The largest absolute Gasteiger partial charge is 0.493 e. The van der Waals surface area contributed by atoms with Gasteiger partial charge in [0.2, 0.25) is 5.91 Å². The second kappa shape index (κ2) is 14.7. The molecule has 6 nitrogen and oxygen atoms in total. The van der Waals surface area contributed by atoms with E-state index in [1.165, 1.54) is 41.5 Å². The average Bonchev–Trinajstić information content (AvgIpc) is 3.73. The van der Waals surface area contributed by atoms with Gasteiger partial charge in [-0.05, 0) is 99.4 Å². The SMILES string of the molecule is COc1ccc2c3c1O[C@H]1[C@@H](N(CCCc4ccccc4)C(=O)CCCCCCCc4ccccc4)CC[C@H]4[C@@H](C2)N(CC2CC2O)CC[C@@]341. The number of aliphatic hydroxyl groups excluding tert-OH is 1. The summed E-state index contributed by atoms with van der Waals surface area (Å²) in [7, 11) is 1.76. The van der Waals surface area contributed by atoms with Crippen LogP contribution in [0, 0.1) is 11.8 Å². The Kier molecular flexibility index (Phi) is 9.94. The zero-order chi connectivity index (χ0) is 34.1. The lowest BCUT2D eigenvalue weighted by Gasteiger charge is -2.60. The number of nitrogens with zero attached hydrogens (tertiary/aromatic N) is 2. The third-order valence-corrected chi connectivity index (χ3v) is 13.1. The van der Waals surface area contributed by atoms with Crippen molar-refractivity contribution in [1.82, 2.24) is 9.80 Å². The lowest BCUT2D eigenvalue weighted by molar-refractivity contribution is -0.143. The van der Waals surface area contributed by atoms with E-state index < -0.39 is 0 Å². The topological polar surface area (TPSA) is 62.2 Å². The number of likely N-dealkylation sites (tertiary alicyclic amines) is 1. The first-order valence-electron chi connectivity index (χ1n) is 19.7. The van der Waals surface area contributed by atoms with Crippen molar-refractivity contribution in [3.8, 4) is 11.5 Å². The smallest absolute Gasteiger partial charge is 0.222 e. The van der Waals surface area contributed by atoms with Crippen LogP contribution in [0.1, 0.15) is 92.9 Å². The summed E-state index contributed by atoms with van der Waals surface area (Å²) in [6.45, 7) is 2.80. The number of carbonyl (C=O) groups excluding carboxylic acids is 1. The summed E-state index contributed by atoms with van der Waals surface area (Å²) < 4.78 is 13.1. The van der Waals surface area contributed by atoms with E-state index in [9.17, 15) is 9.90 Å². The molecule has 2 aliphatic heterocycles. The van der Waals surface area contributed by atoms with Crippen LogP contribution in [0.4, 0.5) is 0 Å². The minimum atomic E-state index is -0.124. The van der Waals surface area contributed by atoms with Gasteiger partial charge in [-0.2, -0.15) is 0 Å². The van der Waals surface area contributed by atoms with Crippen LogP contribution in [0.3, 0.4) is 0 Å². The van der Waals surface area contributed by atoms with Crippen molar-refractivity contribution in [2.45, 2.75) is 120 Å². The second-order valence-corrected chi connectivity index (χ2v) is 16.0. The highest BCUT2D eigenvalue weighted by molar-refractivity contribution is 5.77. The monoisotopic (exact) mass is 676 g/mol. The molecule has 50 heavy (non-hydrogen) atoms. The highest BCUT2D eigenvalue weighted by Crippen LogP contribution is 2.64. The van der Waals surface area contributed by atoms with Crippen molar-refractivity contribution in [2.75, 3.05) is 26.7 Å². The molecule has 0 radical (unpaired) electrons. The number of ether oxygens (including phenoxy) is 2. The number of amides is 1. The highest BCUT2D eigenvalue weighted by atomic mass is 16.5. The molecule has 266 valence electrons. The zero-order valence-corrected chi connectivity index (χ0v) is 30.0. The number of hydrogen-bond acceptors (Lipinski definition) is 5. The molecular formula is C44H56N2O4. The Labute approximate surface area is 299 Å². The number of methoxy groups -OCH3 is 1. The van der Waals surface area contributed by atoms with Crippen LogP contribution >= 0.6 is 0 Å². The van der Waals surface area contributed by atoms with Gasteiger partial charge in [0.05, 0.1) is 19.3 Å². The minimum Gasteiger partial charge on any atom is -0.493 e. The summed E-state index contributed by atoms with van der Waals surface area (Å²) in [4.78, 5) is 19.4. The van der Waals surface area contributed by atoms with Gasteiger partial charge in [-0.15, -0.1) is 0 Å². The van der Waals surface area contributed by atoms with Crippen LogP contribution < -0.4 is 9.47 Å². The molecule has 0 aromatic heterocycles. The zero-order valence-electron chi connectivity index (χ0n) is 30.0. The van der Waals surface area contributed by atoms with Gasteiger partial charge in [0.1, 0.15) is 6.10 Å². The number of aliphatic hydroxyl groups is 1. The van der Waals surface area contributed by atoms with Crippen LogP contribution in [0.25, 0.3) is 0 Å². The van der Waals surface area contributed by atoms with E-state index in [1.807, 2.05) is 0 Å². The van der Waals surface area contributed by atoms with Crippen molar-refractivity contribution < 1.29 is 19.4 Å². The van der Waals surface area contributed by atoms with Crippen molar-refractivity contribution in [3.63, 3.8) is 0 Å². The average molecular weight is 677 g/mol. The molecule has 3 aliphatic carbocycles. The predicted molar refractivity (Wildman–Crippen MR) is 198 cm³/mol. The Balaban J connectivity index is 0.998. The van der Waals surface area contributed by atoms with Crippen molar-refractivity contribution in [2.24, 2.45) is 11.8 Å². The molecule has 1 spiro atoms. The van der Waals surface area contributed by atoms with E-state index in [0.717, 1.165) is 95.3 Å². The minimum absolute atomic E-state index is 0.0542. The Bertz CT molecular complexity index is 1610. The van der Waals surface area contributed by atoms with Crippen LogP contribution in [0.2, 0.25) is 0 Å². The fraction of sp³-hybridized carbons (Fsp3) is 0.568. The molecule has 8 rings (SSSR count). The quantitative estimate of drug-likeness (QED) is 0.159. The first kappa shape index (κ1) is 33.8. The van der Waals surface area contributed by atoms with E-state index >= 15 is 0 Å². The van der Waals surface area contributed by atoms with Crippen molar-refractivity contribution in [3.05, 3.63) is 95.1 Å². The number of unbranched alkanes of at least 4 members (excludes halogenated alkanes) is 4. The molecule has 1 amide bonds. The molecule has 3 aromatic carbocycles. The molecule has 5 aliphatic rings. The number of rotatable bonds is 16. The summed E-state index contributed by atoms with van der Waals surface area (Å²) in [5.74, 6) is 3.00. The summed E-state index contributed by atoms with van der Waals surface area (Å²) in [6, 6.07) is 26.4. The lowest BCUT2D eigenvalue weighted by Crippen LogP contribution is -2.69. The fourth-order valence-electron chi connectivity index (χ4n) is 10.5. The van der Waals surface area contributed by atoms with Crippen LogP contribution in [-0.2, 0) is 29.5 Å². The third kappa shape index (κ3) is 6.47. The first-order valence-corrected chi connectivity index (χ1v) is 19.7. The molecule has 2 bridgehead atoms. The molecular weight excluding hydrogens is 620 g/mol. The molecule has 2 heterocycles. The Morgan fingerprint density at radius 2 is 1.62 bits per heavy atom. The van der Waals surface area contributed by atoms with Crippen LogP contribution in [0.5, 0.6) is 11.5 Å². The van der Waals surface area contributed by atoms with Gasteiger partial charge in [-0.25, -0.2) is 0 Å². The van der Waals surface area contributed by atoms with E-state index in [2.05, 4.69) is 82.6 Å². The molecule has 1 N–H and O–H groups in total. The van der Waals surface area contributed by atoms with E-state index in [4.69, 9.17) is 9.47 Å². The number of benzene rings is 3. The second-order valence-electron chi connectivity index (χ2n) is 16.0. The van der Waals surface area contributed by atoms with E-state index in [1.54, 1.807) is 7.11 Å². The highest BCUT2D eigenvalue weighted by Gasteiger charge is 2.67. The van der Waals surface area contributed by atoms with Crippen LogP contribution in [0.15, 0.2) is 72.8 Å². The Morgan fingerprint density at radius 3 is 2.34 bits per heavy atom. The summed E-state index contributed by atoms with van der Waals surface area (Å²) in [5, 5.41) is 10.2. The third-order valence-electron chi connectivity index (χ3n) is 13.1. The lowest BCUT2D eigenvalue weighted by atomic mass is 9.51. The van der Waals surface area contributed by atoms with E-state index in [-0.39, 0.29) is 23.7 Å². The van der Waals surface area contributed by atoms with Gasteiger partial charge in [0.15, 0.2) is 11.5 Å². The Hall–Kier alpha value is -3.35. The summed E-state index contributed by atoms with van der Waals surface area (Å²) in [6.07, 6.45) is 14.3. The Morgan fingerprint density at radius 1 is 0.920 bits per heavy atom. The number of carbonyl (C=O) groups is 1. The van der Waals surface area contributed by atoms with Crippen LogP contribution in [-0.4, -0.2) is 71.8 Å². The maximum atomic E-state index is 14.4. The predicted octanol–water partition coefficient (Wildman–Crippen LogP) is 7.53. The number of hydrogen-bond donors (Lipinski definition) is 1. The molecule has 7 atom stereocenters. The molecule has 2 saturated carbocycles.